The number of anilines is 1. The summed E-state index contributed by atoms with van der Waals surface area (Å²) >= 11 is 0. The van der Waals surface area contributed by atoms with Crippen LogP contribution in [-0.4, -0.2) is 73.7 Å². The minimum atomic E-state index is -4.74. The van der Waals surface area contributed by atoms with Gasteiger partial charge in [-0.15, -0.1) is 0 Å². The Hall–Kier alpha value is -3.17. The van der Waals surface area contributed by atoms with Crippen molar-refractivity contribution in [3.8, 4) is 17.3 Å². The van der Waals surface area contributed by atoms with Gasteiger partial charge in [-0.3, -0.25) is 9.48 Å². The molecule has 0 aliphatic carbocycles. The van der Waals surface area contributed by atoms with Gasteiger partial charge in [-0.2, -0.15) is 23.5 Å². The standard InChI is InChI=1S/C20H21F3N6O3/c1-11-2-3-29(11)19-13(5-24)14(20(21,22)23)4-15(26-19)12-6-25-28(7-12)10-18(32)27-8-16(30)17(31)9-27/h4,6-7,11,16-17,30-31H,2-3,8-10H2,1H3/t11-,16-,17-/m0/s1. The van der Waals surface area contributed by atoms with E-state index in [0.717, 1.165) is 12.5 Å². The van der Waals surface area contributed by atoms with E-state index in [9.17, 15) is 33.4 Å². The molecule has 12 heteroatoms. The molecule has 2 aliphatic rings. The van der Waals surface area contributed by atoms with E-state index >= 15 is 0 Å². The van der Waals surface area contributed by atoms with Crippen molar-refractivity contribution >= 4 is 11.7 Å². The summed E-state index contributed by atoms with van der Waals surface area (Å²) in [6.45, 7) is 2.14. The lowest BCUT2D eigenvalue weighted by molar-refractivity contribution is -0.137. The Morgan fingerprint density at radius 2 is 2.00 bits per heavy atom. The van der Waals surface area contributed by atoms with Crippen molar-refractivity contribution in [2.75, 3.05) is 24.5 Å². The molecule has 2 saturated heterocycles. The van der Waals surface area contributed by atoms with E-state index in [0.29, 0.717) is 6.54 Å². The number of β-amino-alcohol motifs (C(OH)–C–C–N with tert-alkyl or cyclic N) is 2. The Bertz CT molecular complexity index is 1070. The zero-order chi connectivity index (χ0) is 23.2. The van der Waals surface area contributed by atoms with Crippen LogP contribution < -0.4 is 4.90 Å². The topological polar surface area (TPSA) is 119 Å². The molecule has 2 N–H and O–H groups in total. The molecule has 4 heterocycles. The second kappa shape index (κ2) is 8.07. The highest BCUT2D eigenvalue weighted by atomic mass is 19.4. The van der Waals surface area contributed by atoms with Crippen LogP contribution in [0, 0.1) is 11.3 Å². The molecular formula is C20H21F3N6O3. The van der Waals surface area contributed by atoms with Gasteiger partial charge in [0, 0.05) is 37.4 Å². The number of pyridine rings is 1. The van der Waals surface area contributed by atoms with Gasteiger partial charge in [0.2, 0.25) is 5.91 Å². The monoisotopic (exact) mass is 450 g/mol. The molecule has 9 nitrogen and oxygen atoms in total. The average molecular weight is 450 g/mol. The van der Waals surface area contributed by atoms with Gasteiger partial charge in [0.25, 0.3) is 0 Å². The van der Waals surface area contributed by atoms with Crippen molar-refractivity contribution in [1.29, 1.82) is 5.26 Å². The van der Waals surface area contributed by atoms with E-state index in [1.54, 1.807) is 11.0 Å². The Morgan fingerprint density at radius 3 is 2.53 bits per heavy atom. The van der Waals surface area contributed by atoms with Crippen molar-refractivity contribution in [2.45, 2.75) is 44.3 Å². The summed E-state index contributed by atoms with van der Waals surface area (Å²) in [6.07, 6.45) is -3.28. The van der Waals surface area contributed by atoms with Gasteiger partial charge in [0.15, 0.2) is 0 Å². The first-order chi connectivity index (χ1) is 15.1. The number of carbonyl (C=O) groups excluding carboxylic acids is 1. The number of nitrogens with zero attached hydrogens (tertiary/aromatic N) is 6. The molecule has 4 rings (SSSR count). The van der Waals surface area contributed by atoms with E-state index in [1.807, 2.05) is 6.92 Å². The predicted molar refractivity (Wildman–Crippen MR) is 105 cm³/mol. The third kappa shape index (κ3) is 4.01. The largest absolute Gasteiger partial charge is 0.417 e. The first-order valence-electron chi connectivity index (χ1n) is 10.0. The van der Waals surface area contributed by atoms with Crippen LogP contribution in [0.25, 0.3) is 11.3 Å². The fourth-order valence-electron chi connectivity index (χ4n) is 3.85. The molecule has 0 radical (unpaired) electrons. The summed E-state index contributed by atoms with van der Waals surface area (Å²) < 4.78 is 42.4. The fraction of sp³-hybridized carbons (Fsp3) is 0.500. The van der Waals surface area contributed by atoms with Crippen molar-refractivity contribution in [2.24, 2.45) is 0 Å². The SMILES string of the molecule is C[C@H]1CCN1c1nc(-c2cnn(CC(=O)N3C[C@H](O)[C@@H](O)C3)c2)cc(C(F)(F)F)c1C#N. The smallest absolute Gasteiger partial charge is 0.388 e. The summed E-state index contributed by atoms with van der Waals surface area (Å²) in [6, 6.07) is 2.44. The number of nitriles is 1. The Kier molecular flexibility index (Phi) is 5.56. The number of hydrogen-bond donors (Lipinski definition) is 2. The summed E-state index contributed by atoms with van der Waals surface area (Å²) in [7, 11) is 0. The highest BCUT2D eigenvalue weighted by molar-refractivity contribution is 5.76. The molecule has 2 aliphatic heterocycles. The van der Waals surface area contributed by atoms with Crippen molar-refractivity contribution in [3.05, 3.63) is 29.6 Å². The van der Waals surface area contributed by atoms with Crippen LogP contribution in [0.4, 0.5) is 19.0 Å². The van der Waals surface area contributed by atoms with Gasteiger partial charge in [0.05, 0.1) is 29.7 Å². The third-order valence-corrected chi connectivity index (χ3v) is 5.85. The summed E-state index contributed by atoms with van der Waals surface area (Å²) in [5.74, 6) is -0.408. The van der Waals surface area contributed by atoms with Gasteiger partial charge in [-0.1, -0.05) is 0 Å². The van der Waals surface area contributed by atoms with Crippen molar-refractivity contribution in [3.63, 3.8) is 0 Å². The highest BCUT2D eigenvalue weighted by Gasteiger charge is 2.39. The molecule has 0 saturated carbocycles. The first kappa shape index (κ1) is 22.0. The van der Waals surface area contributed by atoms with Gasteiger partial charge >= 0.3 is 6.18 Å². The molecule has 1 amide bonds. The number of halogens is 3. The van der Waals surface area contributed by atoms with Gasteiger partial charge in [0.1, 0.15) is 24.0 Å². The van der Waals surface area contributed by atoms with E-state index in [4.69, 9.17) is 0 Å². The lowest BCUT2D eigenvalue weighted by Crippen LogP contribution is -2.46. The van der Waals surface area contributed by atoms with Crippen molar-refractivity contribution < 1.29 is 28.2 Å². The van der Waals surface area contributed by atoms with Crippen LogP contribution in [0.1, 0.15) is 24.5 Å². The predicted octanol–water partition coefficient (Wildman–Crippen LogP) is 0.998. The summed E-state index contributed by atoms with van der Waals surface area (Å²) in [4.78, 5) is 19.7. The van der Waals surface area contributed by atoms with Crippen molar-refractivity contribution in [1.82, 2.24) is 19.7 Å². The first-order valence-corrected chi connectivity index (χ1v) is 10.0. The Labute approximate surface area is 181 Å². The number of aliphatic hydroxyl groups excluding tert-OH is 2. The summed E-state index contributed by atoms with van der Waals surface area (Å²) in [5.41, 5.74) is -1.32. The molecular weight excluding hydrogens is 429 g/mol. The second-order valence-corrected chi connectivity index (χ2v) is 8.05. The van der Waals surface area contributed by atoms with Gasteiger partial charge in [-0.25, -0.2) is 4.98 Å². The molecule has 0 spiro atoms. The quantitative estimate of drug-likeness (QED) is 0.713. The van der Waals surface area contributed by atoms with Gasteiger partial charge < -0.3 is 20.0 Å². The van der Waals surface area contributed by atoms with Crippen LogP contribution >= 0.6 is 0 Å². The van der Waals surface area contributed by atoms with E-state index in [-0.39, 0.29) is 42.8 Å². The molecule has 32 heavy (non-hydrogen) atoms. The number of carbonyl (C=O) groups is 1. The molecule has 2 fully saturated rings. The van der Waals surface area contributed by atoms with Gasteiger partial charge in [-0.05, 0) is 19.4 Å². The lowest BCUT2D eigenvalue weighted by atomic mass is 10.0. The Balaban J connectivity index is 1.64. The number of hydrogen-bond acceptors (Lipinski definition) is 7. The lowest BCUT2D eigenvalue weighted by Gasteiger charge is -2.40. The van der Waals surface area contributed by atoms with E-state index < -0.39 is 35.4 Å². The van der Waals surface area contributed by atoms with E-state index in [1.165, 1.54) is 22.0 Å². The van der Waals surface area contributed by atoms with Crippen LogP contribution in [0.3, 0.4) is 0 Å². The van der Waals surface area contributed by atoms with Crippen LogP contribution in [-0.2, 0) is 17.5 Å². The minimum absolute atomic E-state index is 0.00236. The number of rotatable bonds is 4. The average Bonchev–Trinajstić information content (AvgIpc) is 3.32. The highest BCUT2D eigenvalue weighted by Crippen LogP contribution is 2.39. The number of amides is 1. The van der Waals surface area contributed by atoms with Crippen LogP contribution in [0.15, 0.2) is 18.5 Å². The number of alkyl halides is 3. The second-order valence-electron chi connectivity index (χ2n) is 8.05. The minimum Gasteiger partial charge on any atom is -0.388 e. The number of aromatic nitrogens is 3. The molecule has 2 aromatic heterocycles. The molecule has 2 aromatic rings. The zero-order valence-corrected chi connectivity index (χ0v) is 17.1. The molecule has 0 unspecified atom stereocenters. The molecule has 3 atom stereocenters. The maximum atomic E-state index is 13.7. The normalized spacial score (nSPS) is 23.2. The molecule has 0 aromatic carbocycles. The number of aliphatic hydroxyl groups is 2. The molecule has 0 bridgehead atoms. The maximum absolute atomic E-state index is 13.7. The zero-order valence-electron chi connectivity index (χ0n) is 17.1. The number of likely N-dealkylation sites (tertiary alicyclic amines) is 1. The summed E-state index contributed by atoms with van der Waals surface area (Å²) in [5, 5.41) is 32.6. The third-order valence-electron chi connectivity index (χ3n) is 5.85. The fourth-order valence-corrected chi connectivity index (χ4v) is 3.85. The van der Waals surface area contributed by atoms with Crippen LogP contribution in [0.5, 0.6) is 0 Å². The van der Waals surface area contributed by atoms with Crippen LogP contribution in [0.2, 0.25) is 0 Å². The van der Waals surface area contributed by atoms with E-state index in [2.05, 4.69) is 10.1 Å². The maximum Gasteiger partial charge on any atom is 0.417 e. The molecule has 170 valence electrons. The Morgan fingerprint density at radius 1 is 1.31 bits per heavy atom.